The fourth-order valence-electron chi connectivity index (χ4n) is 1.34. The zero-order chi connectivity index (χ0) is 8.39. The molecule has 2 heterocycles. The van der Waals surface area contributed by atoms with Crippen LogP contribution in [-0.4, -0.2) is 24.9 Å². The van der Waals surface area contributed by atoms with Crippen molar-refractivity contribution in [2.45, 2.75) is 13.0 Å². The van der Waals surface area contributed by atoms with Crippen LogP contribution in [0.3, 0.4) is 0 Å². The zero-order valence-corrected chi connectivity index (χ0v) is 7.04. The summed E-state index contributed by atoms with van der Waals surface area (Å²) in [5.41, 5.74) is 1.06. The molecule has 2 rings (SSSR count). The van der Waals surface area contributed by atoms with Gasteiger partial charge in [-0.05, 0) is 6.92 Å². The number of aryl methyl sites for hydroxylation is 1. The van der Waals surface area contributed by atoms with Crippen molar-refractivity contribution in [3.63, 3.8) is 0 Å². The summed E-state index contributed by atoms with van der Waals surface area (Å²) in [5, 5.41) is 6.95. The van der Waals surface area contributed by atoms with Crippen molar-refractivity contribution in [3.05, 3.63) is 17.5 Å². The van der Waals surface area contributed by atoms with E-state index in [1.165, 1.54) is 0 Å². The molecule has 1 unspecified atom stereocenters. The van der Waals surface area contributed by atoms with Crippen LogP contribution in [0, 0.1) is 6.92 Å². The van der Waals surface area contributed by atoms with Crippen LogP contribution in [0.4, 0.5) is 0 Å². The van der Waals surface area contributed by atoms with Gasteiger partial charge in [-0.3, -0.25) is 0 Å². The third-order valence-electron chi connectivity index (χ3n) is 2.01. The first-order valence-electron chi connectivity index (χ1n) is 4.11. The second kappa shape index (κ2) is 3.25. The Kier molecular flexibility index (Phi) is 2.10. The third-order valence-corrected chi connectivity index (χ3v) is 2.01. The molecule has 66 valence electrons. The van der Waals surface area contributed by atoms with E-state index in [4.69, 9.17) is 9.26 Å². The summed E-state index contributed by atoms with van der Waals surface area (Å²) in [6, 6.07) is 0. The van der Waals surface area contributed by atoms with Gasteiger partial charge in [0.15, 0.2) is 5.76 Å². The highest BCUT2D eigenvalue weighted by molar-refractivity contribution is 5.14. The quantitative estimate of drug-likeness (QED) is 0.668. The van der Waals surface area contributed by atoms with Crippen molar-refractivity contribution < 1.29 is 9.26 Å². The Bertz CT molecular complexity index is 253. The fraction of sp³-hybridized carbons (Fsp3) is 0.625. The van der Waals surface area contributed by atoms with Gasteiger partial charge < -0.3 is 14.6 Å². The summed E-state index contributed by atoms with van der Waals surface area (Å²) in [7, 11) is 0. The Morgan fingerprint density at radius 2 is 2.58 bits per heavy atom. The summed E-state index contributed by atoms with van der Waals surface area (Å²) in [6.07, 6.45) is 1.76. The molecular weight excluding hydrogens is 156 g/mol. The average Bonchev–Trinajstić information content (AvgIpc) is 2.53. The third kappa shape index (κ3) is 1.35. The molecule has 0 radical (unpaired) electrons. The Hall–Kier alpha value is -0.870. The van der Waals surface area contributed by atoms with Crippen LogP contribution in [-0.2, 0) is 4.74 Å². The molecule has 0 aliphatic carbocycles. The van der Waals surface area contributed by atoms with E-state index >= 15 is 0 Å². The van der Waals surface area contributed by atoms with E-state index < -0.39 is 0 Å². The predicted octanol–water partition coefficient (Wildman–Crippen LogP) is 0.644. The molecule has 1 aliphatic heterocycles. The van der Waals surface area contributed by atoms with Crippen molar-refractivity contribution in [2.75, 3.05) is 19.7 Å². The maximum absolute atomic E-state index is 5.51. The molecule has 0 amide bonds. The van der Waals surface area contributed by atoms with Gasteiger partial charge in [-0.15, -0.1) is 0 Å². The SMILES string of the molecule is Cc1cnoc1C1CNCCO1. The molecular formula is C8H12N2O2. The number of morpholine rings is 1. The van der Waals surface area contributed by atoms with Gasteiger partial charge in [-0.2, -0.15) is 0 Å². The van der Waals surface area contributed by atoms with E-state index in [2.05, 4.69) is 10.5 Å². The van der Waals surface area contributed by atoms with Gasteiger partial charge in [-0.25, -0.2) is 0 Å². The number of nitrogens with zero attached hydrogens (tertiary/aromatic N) is 1. The molecule has 0 saturated carbocycles. The van der Waals surface area contributed by atoms with Crippen molar-refractivity contribution in [3.8, 4) is 0 Å². The van der Waals surface area contributed by atoms with Crippen LogP contribution >= 0.6 is 0 Å². The molecule has 1 saturated heterocycles. The lowest BCUT2D eigenvalue weighted by Gasteiger charge is -2.21. The summed E-state index contributed by atoms with van der Waals surface area (Å²) in [6.45, 7) is 4.45. The minimum atomic E-state index is 0.0428. The van der Waals surface area contributed by atoms with Crippen LogP contribution in [0.5, 0.6) is 0 Å². The molecule has 4 heteroatoms. The zero-order valence-electron chi connectivity index (χ0n) is 7.04. The second-order valence-corrected chi connectivity index (χ2v) is 2.94. The number of nitrogens with one attached hydrogen (secondary N) is 1. The average molecular weight is 168 g/mol. The van der Waals surface area contributed by atoms with Crippen LogP contribution in [0.2, 0.25) is 0 Å². The minimum absolute atomic E-state index is 0.0428. The van der Waals surface area contributed by atoms with E-state index in [9.17, 15) is 0 Å². The summed E-state index contributed by atoms with van der Waals surface area (Å²) in [4.78, 5) is 0. The second-order valence-electron chi connectivity index (χ2n) is 2.94. The van der Waals surface area contributed by atoms with Crippen molar-refractivity contribution in [2.24, 2.45) is 0 Å². The van der Waals surface area contributed by atoms with E-state index in [0.717, 1.165) is 31.0 Å². The van der Waals surface area contributed by atoms with Gasteiger partial charge in [0, 0.05) is 18.7 Å². The Morgan fingerprint density at radius 1 is 1.67 bits per heavy atom. The first-order valence-corrected chi connectivity index (χ1v) is 4.11. The van der Waals surface area contributed by atoms with Crippen LogP contribution in [0.25, 0.3) is 0 Å². The first-order chi connectivity index (χ1) is 5.88. The molecule has 1 aromatic rings. The maximum atomic E-state index is 5.51. The van der Waals surface area contributed by atoms with Crippen molar-refractivity contribution in [1.29, 1.82) is 0 Å². The molecule has 1 aliphatic rings. The van der Waals surface area contributed by atoms with Crippen molar-refractivity contribution in [1.82, 2.24) is 10.5 Å². The first kappa shape index (κ1) is 7.76. The molecule has 4 nitrogen and oxygen atoms in total. The number of hydrogen-bond donors (Lipinski definition) is 1. The molecule has 12 heavy (non-hydrogen) atoms. The smallest absolute Gasteiger partial charge is 0.169 e. The number of hydrogen-bond acceptors (Lipinski definition) is 4. The van der Waals surface area contributed by atoms with Gasteiger partial charge in [0.25, 0.3) is 0 Å². The summed E-state index contributed by atoms with van der Waals surface area (Å²) >= 11 is 0. The molecule has 1 N–H and O–H groups in total. The van der Waals surface area contributed by atoms with Crippen LogP contribution in [0.1, 0.15) is 17.4 Å². The summed E-state index contributed by atoms with van der Waals surface area (Å²) in [5.74, 6) is 0.849. The molecule has 0 spiro atoms. The standard InChI is InChI=1S/C8H12N2O2/c1-6-4-10-12-8(6)7-5-9-2-3-11-7/h4,7,9H,2-3,5H2,1H3. The number of ether oxygens (including phenoxy) is 1. The molecule has 1 aromatic heterocycles. The summed E-state index contributed by atoms with van der Waals surface area (Å²) < 4.78 is 10.6. The van der Waals surface area contributed by atoms with E-state index in [0.29, 0.717) is 0 Å². The monoisotopic (exact) mass is 168 g/mol. The van der Waals surface area contributed by atoms with Crippen molar-refractivity contribution >= 4 is 0 Å². The highest BCUT2D eigenvalue weighted by Crippen LogP contribution is 2.21. The Balaban J connectivity index is 2.13. The van der Waals surface area contributed by atoms with Gasteiger partial charge in [-0.1, -0.05) is 5.16 Å². The van der Waals surface area contributed by atoms with Gasteiger partial charge in [0.2, 0.25) is 0 Å². The van der Waals surface area contributed by atoms with Gasteiger partial charge in [0.05, 0.1) is 12.8 Å². The lowest BCUT2D eigenvalue weighted by molar-refractivity contribution is 0.0104. The Morgan fingerprint density at radius 3 is 3.17 bits per heavy atom. The Labute approximate surface area is 70.9 Å². The predicted molar refractivity (Wildman–Crippen MR) is 42.8 cm³/mol. The highest BCUT2D eigenvalue weighted by atomic mass is 16.5. The highest BCUT2D eigenvalue weighted by Gasteiger charge is 2.20. The van der Waals surface area contributed by atoms with Gasteiger partial charge in [0.1, 0.15) is 6.10 Å². The van der Waals surface area contributed by atoms with E-state index in [-0.39, 0.29) is 6.10 Å². The van der Waals surface area contributed by atoms with Crippen LogP contribution in [0.15, 0.2) is 10.7 Å². The lowest BCUT2D eigenvalue weighted by Crippen LogP contribution is -2.33. The molecule has 0 bridgehead atoms. The molecule has 1 fully saturated rings. The fourth-order valence-corrected chi connectivity index (χ4v) is 1.34. The normalized spacial score (nSPS) is 24.2. The van der Waals surface area contributed by atoms with E-state index in [1.807, 2.05) is 6.92 Å². The molecule has 0 aromatic carbocycles. The molecule has 1 atom stereocenters. The van der Waals surface area contributed by atoms with Gasteiger partial charge >= 0.3 is 0 Å². The largest absolute Gasteiger partial charge is 0.367 e. The lowest BCUT2D eigenvalue weighted by atomic mass is 10.2. The number of rotatable bonds is 1. The van der Waals surface area contributed by atoms with Crippen LogP contribution < -0.4 is 5.32 Å². The topological polar surface area (TPSA) is 47.3 Å². The maximum Gasteiger partial charge on any atom is 0.169 e. The van der Waals surface area contributed by atoms with E-state index in [1.54, 1.807) is 6.20 Å². The minimum Gasteiger partial charge on any atom is -0.367 e. The number of aromatic nitrogens is 1.